The zero-order valence-electron chi connectivity index (χ0n) is 14.1. The zero-order valence-corrected chi connectivity index (χ0v) is 14.1. The molecule has 0 saturated carbocycles. The van der Waals surface area contributed by atoms with Gasteiger partial charge in [-0.05, 0) is 41.8 Å². The van der Waals surface area contributed by atoms with Crippen LogP contribution in [-0.4, -0.2) is 35.6 Å². The van der Waals surface area contributed by atoms with Gasteiger partial charge < -0.3 is 5.73 Å². The van der Waals surface area contributed by atoms with Crippen molar-refractivity contribution in [2.24, 2.45) is 11.6 Å². The number of hydrogen-bond donors (Lipinski definition) is 2. The summed E-state index contributed by atoms with van der Waals surface area (Å²) in [5.41, 5.74) is 9.50. The van der Waals surface area contributed by atoms with Crippen molar-refractivity contribution < 1.29 is 4.39 Å². The van der Waals surface area contributed by atoms with Crippen LogP contribution < -0.4 is 11.6 Å². The highest BCUT2D eigenvalue weighted by molar-refractivity contribution is 5.65. The molecule has 1 aliphatic heterocycles. The molecule has 1 unspecified atom stereocenters. The summed E-state index contributed by atoms with van der Waals surface area (Å²) in [6.45, 7) is 6.08. The second-order valence-electron chi connectivity index (χ2n) is 6.53. The summed E-state index contributed by atoms with van der Waals surface area (Å²) in [5, 5.41) is 1.90. The van der Waals surface area contributed by atoms with E-state index in [1.165, 1.54) is 11.6 Å². The minimum Gasteiger partial charge on any atom is -0.326 e. The van der Waals surface area contributed by atoms with Crippen molar-refractivity contribution in [1.29, 1.82) is 0 Å². The highest BCUT2D eigenvalue weighted by Gasteiger charge is 2.21. The molecule has 4 nitrogen and oxygen atoms in total. The van der Waals surface area contributed by atoms with Gasteiger partial charge in [0.1, 0.15) is 5.82 Å². The van der Waals surface area contributed by atoms with E-state index in [0.717, 1.165) is 37.3 Å². The molecule has 2 aromatic rings. The molecule has 1 fully saturated rings. The Morgan fingerprint density at radius 2 is 1.92 bits per heavy atom. The normalized spacial score (nSPS) is 19.6. The van der Waals surface area contributed by atoms with Crippen molar-refractivity contribution in [3.8, 4) is 11.1 Å². The molecule has 3 rings (SSSR count). The third-order valence-electron chi connectivity index (χ3n) is 4.70. The van der Waals surface area contributed by atoms with Gasteiger partial charge in [-0.25, -0.2) is 9.40 Å². The van der Waals surface area contributed by atoms with Crippen molar-refractivity contribution in [3.63, 3.8) is 0 Å². The highest BCUT2D eigenvalue weighted by Crippen LogP contribution is 2.24. The molecule has 0 aromatic heterocycles. The predicted octanol–water partition coefficient (Wildman–Crippen LogP) is 2.33. The smallest absolute Gasteiger partial charge is 0.127 e. The molecule has 1 atom stereocenters. The third-order valence-corrected chi connectivity index (χ3v) is 4.70. The van der Waals surface area contributed by atoms with Gasteiger partial charge in [-0.3, -0.25) is 10.7 Å². The predicted molar refractivity (Wildman–Crippen MR) is 95.4 cm³/mol. The maximum Gasteiger partial charge on any atom is 0.127 e. The second kappa shape index (κ2) is 7.40. The molecule has 1 saturated heterocycles. The van der Waals surface area contributed by atoms with Crippen molar-refractivity contribution in [1.82, 2.24) is 9.91 Å². The van der Waals surface area contributed by atoms with E-state index in [9.17, 15) is 4.39 Å². The van der Waals surface area contributed by atoms with Crippen LogP contribution in [0.25, 0.3) is 11.1 Å². The van der Waals surface area contributed by atoms with Crippen LogP contribution >= 0.6 is 0 Å². The average molecular weight is 328 g/mol. The van der Waals surface area contributed by atoms with E-state index in [0.29, 0.717) is 11.6 Å². The lowest BCUT2D eigenvalue weighted by molar-refractivity contribution is 0.0794. The lowest BCUT2D eigenvalue weighted by Gasteiger charge is -2.37. The van der Waals surface area contributed by atoms with Crippen LogP contribution in [0.5, 0.6) is 0 Å². The fourth-order valence-electron chi connectivity index (χ4n) is 3.21. The average Bonchev–Trinajstić information content (AvgIpc) is 2.59. The Morgan fingerprint density at radius 1 is 1.12 bits per heavy atom. The van der Waals surface area contributed by atoms with E-state index in [1.54, 1.807) is 0 Å². The summed E-state index contributed by atoms with van der Waals surface area (Å²) in [6.07, 6.45) is 0. The van der Waals surface area contributed by atoms with Crippen LogP contribution in [0.2, 0.25) is 0 Å². The van der Waals surface area contributed by atoms with Gasteiger partial charge in [0.15, 0.2) is 0 Å². The van der Waals surface area contributed by atoms with Gasteiger partial charge in [-0.15, -0.1) is 0 Å². The van der Waals surface area contributed by atoms with E-state index in [1.807, 2.05) is 17.1 Å². The summed E-state index contributed by atoms with van der Waals surface area (Å²) in [7, 11) is 0. The number of piperazine rings is 1. The van der Waals surface area contributed by atoms with Crippen LogP contribution in [0.15, 0.2) is 42.5 Å². The van der Waals surface area contributed by atoms with Gasteiger partial charge in [0, 0.05) is 44.3 Å². The van der Waals surface area contributed by atoms with Crippen LogP contribution in [0, 0.1) is 5.82 Å². The molecule has 2 aromatic carbocycles. The molecule has 1 heterocycles. The zero-order chi connectivity index (χ0) is 17.1. The molecule has 5 heteroatoms. The summed E-state index contributed by atoms with van der Waals surface area (Å²) in [5.74, 6) is 5.69. The van der Waals surface area contributed by atoms with Crippen molar-refractivity contribution in [3.05, 3.63) is 59.4 Å². The first-order valence-electron chi connectivity index (χ1n) is 8.38. The van der Waals surface area contributed by atoms with Crippen molar-refractivity contribution in [2.75, 3.05) is 19.6 Å². The standard InChI is InChI=1S/C19H25FN4/c1-14-12-23(7-8-24(14)22)13-15-3-2-4-16(9-15)17-5-6-19(20)18(10-17)11-21/h2-6,9-10,14H,7-8,11-13,21-22H2,1H3. The maximum absolute atomic E-state index is 13.6. The second-order valence-corrected chi connectivity index (χ2v) is 6.53. The van der Waals surface area contributed by atoms with Crippen LogP contribution in [0.4, 0.5) is 4.39 Å². The summed E-state index contributed by atoms with van der Waals surface area (Å²) in [6, 6.07) is 13.9. The number of nitrogens with two attached hydrogens (primary N) is 2. The van der Waals surface area contributed by atoms with Gasteiger partial charge in [0.05, 0.1) is 0 Å². The number of hydrazine groups is 1. The Morgan fingerprint density at radius 3 is 2.67 bits per heavy atom. The van der Waals surface area contributed by atoms with Gasteiger partial charge in [0.2, 0.25) is 0 Å². The van der Waals surface area contributed by atoms with Crippen molar-refractivity contribution >= 4 is 0 Å². The quantitative estimate of drug-likeness (QED) is 0.846. The molecule has 0 spiro atoms. The Balaban J connectivity index is 1.77. The van der Waals surface area contributed by atoms with Gasteiger partial charge in [0.25, 0.3) is 0 Å². The molecule has 24 heavy (non-hydrogen) atoms. The molecule has 4 N–H and O–H groups in total. The molecule has 0 amide bonds. The number of halogens is 1. The lowest BCUT2D eigenvalue weighted by atomic mass is 10.0. The summed E-state index contributed by atoms with van der Waals surface area (Å²) >= 11 is 0. The summed E-state index contributed by atoms with van der Waals surface area (Å²) in [4.78, 5) is 2.42. The Labute approximate surface area is 142 Å². The fraction of sp³-hybridized carbons (Fsp3) is 0.368. The first-order valence-corrected chi connectivity index (χ1v) is 8.38. The minimum atomic E-state index is -0.244. The van der Waals surface area contributed by atoms with E-state index in [-0.39, 0.29) is 12.4 Å². The van der Waals surface area contributed by atoms with E-state index < -0.39 is 0 Å². The van der Waals surface area contributed by atoms with Gasteiger partial charge >= 0.3 is 0 Å². The Hall–Kier alpha value is -1.79. The third kappa shape index (κ3) is 3.82. The monoisotopic (exact) mass is 328 g/mol. The number of benzene rings is 2. The van der Waals surface area contributed by atoms with E-state index in [4.69, 9.17) is 11.6 Å². The molecule has 1 aliphatic rings. The molecule has 0 aliphatic carbocycles. The summed E-state index contributed by atoms with van der Waals surface area (Å²) < 4.78 is 13.6. The number of hydrogen-bond acceptors (Lipinski definition) is 4. The van der Waals surface area contributed by atoms with Crippen LogP contribution in [0.1, 0.15) is 18.1 Å². The van der Waals surface area contributed by atoms with Gasteiger partial charge in [-0.1, -0.05) is 24.3 Å². The fourth-order valence-corrected chi connectivity index (χ4v) is 3.21. The topological polar surface area (TPSA) is 58.5 Å². The number of rotatable bonds is 4. The number of nitrogens with zero attached hydrogens (tertiary/aromatic N) is 2. The van der Waals surface area contributed by atoms with Gasteiger partial charge in [-0.2, -0.15) is 0 Å². The van der Waals surface area contributed by atoms with Crippen LogP contribution in [0.3, 0.4) is 0 Å². The van der Waals surface area contributed by atoms with E-state index in [2.05, 4.69) is 36.1 Å². The SMILES string of the molecule is CC1CN(Cc2cccc(-c3ccc(F)c(CN)c3)c2)CCN1N. The van der Waals surface area contributed by atoms with E-state index >= 15 is 0 Å². The maximum atomic E-state index is 13.6. The Kier molecular flexibility index (Phi) is 5.26. The molecular formula is C19H25FN4. The van der Waals surface area contributed by atoms with Crippen LogP contribution in [-0.2, 0) is 13.1 Å². The molecule has 0 radical (unpaired) electrons. The molecule has 0 bridgehead atoms. The lowest BCUT2D eigenvalue weighted by Crippen LogP contribution is -2.54. The molecule has 128 valence electrons. The first-order chi connectivity index (χ1) is 11.6. The highest BCUT2D eigenvalue weighted by atomic mass is 19.1. The minimum absolute atomic E-state index is 0.209. The Bertz CT molecular complexity index is 704. The van der Waals surface area contributed by atoms with Crippen molar-refractivity contribution in [2.45, 2.75) is 26.1 Å². The largest absolute Gasteiger partial charge is 0.326 e. The molecular weight excluding hydrogens is 303 g/mol. The first kappa shape index (κ1) is 17.0.